The monoisotopic (exact) mass is 283 g/mol. The van der Waals surface area contributed by atoms with E-state index in [1.54, 1.807) is 35.8 Å². The molecule has 0 aliphatic rings. The lowest BCUT2D eigenvalue weighted by Crippen LogP contribution is -2.09. The van der Waals surface area contributed by atoms with E-state index in [4.69, 9.17) is 0 Å². The van der Waals surface area contributed by atoms with Crippen molar-refractivity contribution >= 4 is 22.9 Å². The van der Waals surface area contributed by atoms with Gasteiger partial charge in [-0.25, -0.2) is 9.67 Å². The average molecular weight is 283 g/mol. The SMILES string of the molecule is Cn1nnnc1SCCC[S+]([O-])c1ccccn1. The Morgan fingerprint density at radius 1 is 1.44 bits per heavy atom. The topological polar surface area (TPSA) is 79.5 Å². The van der Waals surface area contributed by atoms with Gasteiger partial charge in [0.2, 0.25) is 10.2 Å². The predicted molar refractivity (Wildman–Crippen MR) is 69.7 cm³/mol. The van der Waals surface area contributed by atoms with Crippen molar-refractivity contribution in [3.05, 3.63) is 24.4 Å². The molecule has 0 aliphatic heterocycles. The molecule has 0 saturated carbocycles. The smallest absolute Gasteiger partial charge is 0.244 e. The van der Waals surface area contributed by atoms with Gasteiger partial charge in [0.1, 0.15) is 5.75 Å². The van der Waals surface area contributed by atoms with Crippen LogP contribution in [0.4, 0.5) is 0 Å². The van der Waals surface area contributed by atoms with Crippen LogP contribution in [0.15, 0.2) is 34.6 Å². The quantitative estimate of drug-likeness (QED) is 0.445. The van der Waals surface area contributed by atoms with Crippen LogP contribution in [-0.4, -0.2) is 41.2 Å². The number of hydrogen-bond donors (Lipinski definition) is 0. The third-order valence-corrected chi connectivity index (χ3v) is 4.62. The van der Waals surface area contributed by atoms with E-state index < -0.39 is 11.2 Å². The van der Waals surface area contributed by atoms with Gasteiger partial charge in [0.15, 0.2) is 0 Å². The number of tetrazole rings is 1. The summed E-state index contributed by atoms with van der Waals surface area (Å²) < 4.78 is 13.5. The van der Waals surface area contributed by atoms with Crippen molar-refractivity contribution in [2.75, 3.05) is 11.5 Å². The Bertz CT molecular complexity index is 478. The van der Waals surface area contributed by atoms with Crippen LogP contribution >= 0.6 is 11.8 Å². The molecule has 1 unspecified atom stereocenters. The van der Waals surface area contributed by atoms with E-state index in [1.165, 1.54) is 0 Å². The van der Waals surface area contributed by atoms with Crippen LogP contribution in [0.2, 0.25) is 0 Å². The summed E-state index contributed by atoms with van der Waals surface area (Å²) in [7, 11) is 1.80. The number of hydrogen-bond acceptors (Lipinski definition) is 6. The fourth-order valence-electron chi connectivity index (χ4n) is 1.28. The molecule has 2 aromatic rings. The highest BCUT2D eigenvalue weighted by atomic mass is 32.2. The predicted octanol–water partition coefficient (Wildman–Crippen LogP) is 0.895. The summed E-state index contributed by atoms with van der Waals surface area (Å²) in [6, 6.07) is 5.45. The summed E-state index contributed by atoms with van der Waals surface area (Å²) in [5, 5.41) is 12.6. The van der Waals surface area contributed by atoms with E-state index in [0.717, 1.165) is 17.3 Å². The summed E-state index contributed by atoms with van der Waals surface area (Å²) in [6.07, 6.45) is 2.49. The first kappa shape index (κ1) is 13.3. The normalized spacial score (nSPS) is 12.6. The average Bonchev–Trinajstić information content (AvgIpc) is 2.81. The molecule has 0 spiro atoms. The number of pyridine rings is 1. The summed E-state index contributed by atoms with van der Waals surface area (Å²) in [4.78, 5) is 4.08. The van der Waals surface area contributed by atoms with Crippen molar-refractivity contribution < 1.29 is 4.55 Å². The molecule has 1 atom stereocenters. The first-order chi connectivity index (χ1) is 8.77. The van der Waals surface area contributed by atoms with Gasteiger partial charge < -0.3 is 4.55 Å². The van der Waals surface area contributed by atoms with Crippen LogP contribution in [0.5, 0.6) is 0 Å². The molecule has 0 radical (unpaired) electrons. The zero-order valence-electron chi connectivity index (χ0n) is 9.89. The van der Waals surface area contributed by atoms with Crippen LogP contribution < -0.4 is 0 Å². The highest BCUT2D eigenvalue weighted by molar-refractivity contribution is 7.99. The molecule has 0 aromatic carbocycles. The lowest BCUT2D eigenvalue weighted by atomic mass is 10.5. The van der Waals surface area contributed by atoms with Crippen molar-refractivity contribution in [1.82, 2.24) is 25.2 Å². The maximum atomic E-state index is 11.9. The Kier molecular flexibility index (Phi) is 4.97. The molecule has 8 heteroatoms. The highest BCUT2D eigenvalue weighted by Gasteiger charge is 2.11. The van der Waals surface area contributed by atoms with E-state index in [2.05, 4.69) is 20.5 Å². The van der Waals surface area contributed by atoms with Gasteiger partial charge in [0.25, 0.3) is 0 Å². The third-order valence-electron chi connectivity index (χ3n) is 2.16. The number of thioether (sulfide) groups is 1. The second-order valence-corrected chi connectivity index (χ2v) is 6.08. The van der Waals surface area contributed by atoms with Crippen LogP contribution in [0.3, 0.4) is 0 Å². The second-order valence-electron chi connectivity index (χ2n) is 3.50. The summed E-state index contributed by atoms with van der Waals surface area (Å²) in [6.45, 7) is 0. The highest BCUT2D eigenvalue weighted by Crippen LogP contribution is 2.15. The van der Waals surface area contributed by atoms with Gasteiger partial charge in [0, 0.05) is 42.7 Å². The van der Waals surface area contributed by atoms with E-state index in [0.29, 0.717) is 10.8 Å². The Balaban J connectivity index is 1.71. The van der Waals surface area contributed by atoms with Crippen LogP contribution in [0, 0.1) is 0 Å². The molecule has 0 amide bonds. The lowest BCUT2D eigenvalue weighted by Gasteiger charge is -2.08. The molecule has 18 heavy (non-hydrogen) atoms. The second kappa shape index (κ2) is 6.72. The van der Waals surface area contributed by atoms with E-state index >= 15 is 0 Å². The maximum absolute atomic E-state index is 11.9. The molecular formula is C10H13N5OS2. The van der Waals surface area contributed by atoms with Crippen molar-refractivity contribution in [1.29, 1.82) is 0 Å². The Morgan fingerprint density at radius 2 is 2.33 bits per heavy atom. The Hall–Kier alpha value is -1.12. The van der Waals surface area contributed by atoms with Crippen LogP contribution in [0.1, 0.15) is 6.42 Å². The van der Waals surface area contributed by atoms with Gasteiger partial charge in [-0.1, -0.05) is 17.8 Å². The maximum Gasteiger partial charge on any atom is 0.244 e. The van der Waals surface area contributed by atoms with Gasteiger partial charge in [0.05, 0.1) is 0 Å². The number of rotatable bonds is 6. The van der Waals surface area contributed by atoms with Gasteiger partial charge in [-0.15, -0.1) is 5.10 Å². The van der Waals surface area contributed by atoms with Gasteiger partial charge in [-0.2, -0.15) is 0 Å². The molecule has 0 fully saturated rings. The zero-order valence-corrected chi connectivity index (χ0v) is 11.5. The van der Waals surface area contributed by atoms with Gasteiger partial charge >= 0.3 is 0 Å². The molecule has 2 heterocycles. The molecule has 0 N–H and O–H groups in total. The molecule has 0 bridgehead atoms. The van der Waals surface area contributed by atoms with E-state index in [9.17, 15) is 4.55 Å². The standard InChI is InChI=1S/C10H13N5OS2/c1-15-10(12-13-14-15)17-7-4-8-18(16)9-5-2-3-6-11-9/h2-3,5-6H,4,7-8H2,1H3. The molecule has 0 saturated heterocycles. The number of aryl methyl sites for hydroxylation is 1. The molecule has 96 valence electrons. The minimum Gasteiger partial charge on any atom is -0.610 e. The van der Waals surface area contributed by atoms with Crippen molar-refractivity contribution in [2.45, 2.75) is 16.6 Å². The van der Waals surface area contributed by atoms with E-state index in [-0.39, 0.29) is 0 Å². The minimum absolute atomic E-state index is 0.606. The largest absolute Gasteiger partial charge is 0.610 e. The zero-order chi connectivity index (χ0) is 12.8. The van der Waals surface area contributed by atoms with Crippen molar-refractivity contribution in [3.63, 3.8) is 0 Å². The minimum atomic E-state index is -1.02. The number of aromatic nitrogens is 5. The van der Waals surface area contributed by atoms with Gasteiger partial charge in [-0.3, -0.25) is 0 Å². The molecule has 0 aliphatic carbocycles. The first-order valence-electron chi connectivity index (χ1n) is 5.42. The number of nitrogens with zero attached hydrogens (tertiary/aromatic N) is 5. The van der Waals surface area contributed by atoms with Gasteiger partial charge in [-0.05, 0) is 16.5 Å². The molecule has 2 rings (SSSR count). The Morgan fingerprint density at radius 3 is 3.00 bits per heavy atom. The van der Waals surface area contributed by atoms with Crippen LogP contribution in [-0.2, 0) is 18.2 Å². The van der Waals surface area contributed by atoms with Crippen LogP contribution in [0.25, 0.3) is 0 Å². The third kappa shape index (κ3) is 3.69. The molecule has 6 nitrogen and oxygen atoms in total. The van der Waals surface area contributed by atoms with Crippen molar-refractivity contribution in [2.24, 2.45) is 7.05 Å². The fourth-order valence-corrected chi connectivity index (χ4v) is 3.28. The lowest BCUT2D eigenvalue weighted by molar-refractivity contribution is 0.590. The summed E-state index contributed by atoms with van der Waals surface area (Å²) in [5.41, 5.74) is 0. The molecular weight excluding hydrogens is 270 g/mol. The van der Waals surface area contributed by atoms with Crippen molar-refractivity contribution in [3.8, 4) is 0 Å². The molecule has 2 aromatic heterocycles. The Labute approximate surface area is 112 Å². The fraction of sp³-hybridized carbons (Fsp3) is 0.400. The summed E-state index contributed by atoms with van der Waals surface area (Å²) in [5.74, 6) is 1.45. The first-order valence-corrected chi connectivity index (χ1v) is 7.72. The van der Waals surface area contributed by atoms with E-state index in [1.807, 2.05) is 12.1 Å². The summed E-state index contributed by atoms with van der Waals surface area (Å²) >= 11 is 0.543.